The first-order chi connectivity index (χ1) is 7.83. The van der Waals surface area contributed by atoms with Gasteiger partial charge in [0.25, 0.3) is 0 Å². The first-order valence-corrected chi connectivity index (χ1v) is 6.27. The van der Waals surface area contributed by atoms with Crippen molar-refractivity contribution in [2.24, 2.45) is 5.92 Å². The molecule has 1 aliphatic rings. The van der Waals surface area contributed by atoms with Crippen LogP contribution in [0.4, 0.5) is 0 Å². The van der Waals surface area contributed by atoms with Crippen LogP contribution in [0, 0.1) is 5.92 Å². The van der Waals surface area contributed by atoms with Crippen molar-refractivity contribution in [3.63, 3.8) is 0 Å². The average Bonchev–Trinajstić information content (AvgIpc) is 2.85. The van der Waals surface area contributed by atoms with Crippen LogP contribution in [0.5, 0.6) is 0 Å². The van der Waals surface area contributed by atoms with Gasteiger partial charge in [-0.3, -0.25) is 9.78 Å². The van der Waals surface area contributed by atoms with E-state index in [9.17, 15) is 4.79 Å². The molecule has 1 unspecified atom stereocenters. The fourth-order valence-corrected chi connectivity index (χ4v) is 2.63. The lowest BCUT2D eigenvalue weighted by Crippen LogP contribution is -2.20. The summed E-state index contributed by atoms with van der Waals surface area (Å²) >= 11 is 0. The van der Waals surface area contributed by atoms with E-state index < -0.39 is 0 Å². The fraction of sp³-hybridized carbons (Fsp3) is 0.571. The number of hydrogen-bond donors (Lipinski definition) is 0. The van der Waals surface area contributed by atoms with Crippen LogP contribution in [0.1, 0.15) is 50.6 Å². The van der Waals surface area contributed by atoms with Crippen LogP contribution < -0.4 is 0 Å². The standard InChI is InChI=1S/C14H19NO/c1-2-12(13-9-5-6-10-15-13)14(16)11-7-3-4-8-11/h5-6,9-12H,2-4,7-8H2,1H3. The molecule has 1 aromatic rings. The molecule has 1 fully saturated rings. The molecule has 0 N–H and O–H groups in total. The van der Waals surface area contributed by atoms with Crippen LogP contribution in [0.2, 0.25) is 0 Å². The summed E-state index contributed by atoms with van der Waals surface area (Å²) in [7, 11) is 0. The Hall–Kier alpha value is -1.18. The minimum atomic E-state index is 0.0179. The predicted molar refractivity (Wildman–Crippen MR) is 64.2 cm³/mol. The van der Waals surface area contributed by atoms with Crippen molar-refractivity contribution in [3.8, 4) is 0 Å². The Morgan fingerprint density at radius 3 is 2.75 bits per heavy atom. The van der Waals surface area contributed by atoms with Crippen LogP contribution in [0.3, 0.4) is 0 Å². The number of pyridine rings is 1. The maximum Gasteiger partial charge on any atom is 0.144 e. The number of ketones is 1. The van der Waals surface area contributed by atoms with Gasteiger partial charge in [0.1, 0.15) is 5.78 Å². The quantitative estimate of drug-likeness (QED) is 0.774. The molecule has 1 heterocycles. The normalized spacial score (nSPS) is 18.6. The Kier molecular flexibility index (Phi) is 3.70. The lowest BCUT2D eigenvalue weighted by molar-refractivity contribution is -0.124. The summed E-state index contributed by atoms with van der Waals surface area (Å²) in [5, 5.41) is 0. The number of hydrogen-bond acceptors (Lipinski definition) is 2. The van der Waals surface area contributed by atoms with Crippen molar-refractivity contribution in [2.75, 3.05) is 0 Å². The molecule has 1 atom stereocenters. The molecule has 0 bridgehead atoms. The molecular formula is C14H19NO. The summed E-state index contributed by atoms with van der Waals surface area (Å²) in [6.07, 6.45) is 7.25. The van der Waals surface area contributed by atoms with Crippen molar-refractivity contribution < 1.29 is 4.79 Å². The molecule has 2 nitrogen and oxygen atoms in total. The van der Waals surface area contributed by atoms with Gasteiger partial charge < -0.3 is 0 Å². The Morgan fingerprint density at radius 2 is 2.19 bits per heavy atom. The van der Waals surface area contributed by atoms with E-state index in [2.05, 4.69) is 11.9 Å². The second-order valence-corrected chi connectivity index (χ2v) is 4.60. The highest BCUT2D eigenvalue weighted by atomic mass is 16.1. The van der Waals surface area contributed by atoms with Crippen molar-refractivity contribution in [2.45, 2.75) is 44.9 Å². The number of carbonyl (C=O) groups is 1. The second-order valence-electron chi connectivity index (χ2n) is 4.60. The highest BCUT2D eigenvalue weighted by Gasteiger charge is 2.29. The van der Waals surface area contributed by atoms with Gasteiger partial charge in [-0.2, -0.15) is 0 Å². The van der Waals surface area contributed by atoms with E-state index in [4.69, 9.17) is 0 Å². The molecule has 2 rings (SSSR count). The first kappa shape index (κ1) is 11.3. The summed E-state index contributed by atoms with van der Waals surface area (Å²) in [5.41, 5.74) is 0.946. The van der Waals surface area contributed by atoms with Crippen LogP contribution in [-0.4, -0.2) is 10.8 Å². The van der Waals surface area contributed by atoms with Crippen molar-refractivity contribution in [3.05, 3.63) is 30.1 Å². The minimum absolute atomic E-state index is 0.0179. The van der Waals surface area contributed by atoms with E-state index >= 15 is 0 Å². The molecule has 0 aromatic carbocycles. The Morgan fingerprint density at radius 1 is 1.44 bits per heavy atom. The summed E-state index contributed by atoms with van der Waals surface area (Å²) < 4.78 is 0. The number of rotatable bonds is 4. The smallest absolute Gasteiger partial charge is 0.144 e. The maximum atomic E-state index is 12.3. The van der Waals surface area contributed by atoms with Crippen LogP contribution in [-0.2, 0) is 4.79 Å². The topological polar surface area (TPSA) is 30.0 Å². The Balaban J connectivity index is 2.13. The van der Waals surface area contributed by atoms with Crippen LogP contribution >= 0.6 is 0 Å². The molecule has 1 aliphatic carbocycles. The first-order valence-electron chi connectivity index (χ1n) is 6.27. The van der Waals surface area contributed by atoms with E-state index in [1.54, 1.807) is 6.20 Å². The van der Waals surface area contributed by atoms with E-state index in [1.165, 1.54) is 12.8 Å². The molecule has 2 heteroatoms. The van der Waals surface area contributed by atoms with Crippen molar-refractivity contribution in [1.29, 1.82) is 0 Å². The Bertz CT molecular complexity index is 341. The molecule has 1 saturated carbocycles. The number of Topliss-reactive ketones (excluding diaryl/α,β-unsaturated/α-hetero) is 1. The van der Waals surface area contributed by atoms with Gasteiger partial charge in [-0.25, -0.2) is 0 Å². The highest BCUT2D eigenvalue weighted by Crippen LogP contribution is 2.32. The van der Waals surface area contributed by atoms with Gasteiger partial charge in [-0.1, -0.05) is 25.8 Å². The molecule has 86 valence electrons. The number of carbonyl (C=O) groups excluding carboxylic acids is 1. The zero-order chi connectivity index (χ0) is 11.4. The summed E-state index contributed by atoms with van der Waals surface area (Å²) in [4.78, 5) is 16.7. The molecule has 0 aliphatic heterocycles. The maximum absolute atomic E-state index is 12.3. The second kappa shape index (κ2) is 5.24. The SMILES string of the molecule is CCC(C(=O)C1CCCC1)c1ccccn1. The average molecular weight is 217 g/mol. The van der Waals surface area contributed by atoms with E-state index in [1.807, 2.05) is 18.2 Å². The van der Waals surface area contributed by atoms with Gasteiger partial charge in [0.15, 0.2) is 0 Å². The highest BCUT2D eigenvalue weighted by molar-refractivity contribution is 5.87. The zero-order valence-electron chi connectivity index (χ0n) is 9.86. The Labute approximate surface area is 97.1 Å². The minimum Gasteiger partial charge on any atom is -0.299 e. The van der Waals surface area contributed by atoms with E-state index in [0.717, 1.165) is 25.0 Å². The fourth-order valence-electron chi connectivity index (χ4n) is 2.63. The third-order valence-corrected chi connectivity index (χ3v) is 3.55. The van der Waals surface area contributed by atoms with Gasteiger partial charge in [0.05, 0.1) is 11.6 Å². The monoisotopic (exact) mass is 217 g/mol. The number of aromatic nitrogens is 1. The molecule has 0 spiro atoms. The third kappa shape index (κ3) is 2.31. The molecule has 0 radical (unpaired) electrons. The predicted octanol–water partition coefficient (Wildman–Crippen LogP) is 3.33. The van der Waals surface area contributed by atoms with Crippen molar-refractivity contribution in [1.82, 2.24) is 4.98 Å². The lowest BCUT2D eigenvalue weighted by Gasteiger charge is -2.17. The van der Waals surface area contributed by atoms with Gasteiger partial charge in [-0.15, -0.1) is 0 Å². The van der Waals surface area contributed by atoms with Gasteiger partial charge in [0, 0.05) is 12.1 Å². The zero-order valence-corrected chi connectivity index (χ0v) is 9.86. The van der Waals surface area contributed by atoms with E-state index in [-0.39, 0.29) is 5.92 Å². The van der Waals surface area contributed by atoms with Gasteiger partial charge in [-0.05, 0) is 31.4 Å². The molecule has 1 aromatic heterocycles. The van der Waals surface area contributed by atoms with Gasteiger partial charge >= 0.3 is 0 Å². The summed E-state index contributed by atoms with van der Waals surface area (Å²) in [6.45, 7) is 2.08. The third-order valence-electron chi connectivity index (χ3n) is 3.55. The largest absolute Gasteiger partial charge is 0.299 e. The van der Waals surface area contributed by atoms with Crippen LogP contribution in [0.15, 0.2) is 24.4 Å². The van der Waals surface area contributed by atoms with Gasteiger partial charge in [0.2, 0.25) is 0 Å². The summed E-state index contributed by atoms with van der Waals surface area (Å²) in [5.74, 6) is 0.731. The molecule has 0 amide bonds. The molecular weight excluding hydrogens is 198 g/mol. The van der Waals surface area contributed by atoms with Crippen LogP contribution in [0.25, 0.3) is 0 Å². The van der Waals surface area contributed by atoms with E-state index in [0.29, 0.717) is 11.7 Å². The number of nitrogens with zero attached hydrogens (tertiary/aromatic N) is 1. The summed E-state index contributed by atoms with van der Waals surface area (Å²) in [6, 6.07) is 5.84. The lowest BCUT2D eigenvalue weighted by atomic mass is 9.87. The molecule has 16 heavy (non-hydrogen) atoms. The molecule has 0 saturated heterocycles. The van der Waals surface area contributed by atoms with Crippen molar-refractivity contribution >= 4 is 5.78 Å².